The lowest BCUT2D eigenvalue weighted by molar-refractivity contribution is 0.411. The molecule has 0 bridgehead atoms. The Balaban J connectivity index is 2.27. The number of fused-ring (bicyclic) bond motifs is 1. The highest BCUT2D eigenvalue weighted by Gasteiger charge is 2.16. The summed E-state index contributed by atoms with van der Waals surface area (Å²) in [6.45, 7) is 0. The average Bonchev–Trinajstić information content (AvgIpc) is 2.84. The molecule has 3 aromatic rings. The Kier molecular flexibility index (Phi) is 3.07. The van der Waals surface area contributed by atoms with E-state index in [1.54, 1.807) is 35.9 Å². The molecule has 21 heavy (non-hydrogen) atoms. The summed E-state index contributed by atoms with van der Waals surface area (Å²) >= 11 is 0. The molecule has 1 aromatic heterocycles. The summed E-state index contributed by atoms with van der Waals surface area (Å²) in [5.74, 6) is 0.520. The summed E-state index contributed by atoms with van der Waals surface area (Å²) < 4.78 is 21.0. The predicted octanol–water partition coefficient (Wildman–Crippen LogP) is 3.26. The highest BCUT2D eigenvalue weighted by molar-refractivity contribution is 5.85. The molecule has 0 aliphatic carbocycles. The Hall–Kier alpha value is -2.87. The van der Waals surface area contributed by atoms with Crippen LogP contribution in [0.2, 0.25) is 0 Å². The maximum absolute atomic E-state index is 14.2. The van der Waals surface area contributed by atoms with Crippen LogP contribution in [-0.4, -0.2) is 16.7 Å². The maximum atomic E-state index is 14.2. The van der Waals surface area contributed by atoms with Crippen molar-refractivity contribution in [2.75, 3.05) is 7.11 Å². The highest BCUT2D eigenvalue weighted by Crippen LogP contribution is 2.29. The number of aryl methyl sites for hydroxylation is 1. The van der Waals surface area contributed by atoms with E-state index in [1.165, 1.54) is 13.2 Å². The molecular formula is C16H12FN3O. The van der Waals surface area contributed by atoms with E-state index in [0.29, 0.717) is 28.2 Å². The Bertz CT molecular complexity index is 877. The summed E-state index contributed by atoms with van der Waals surface area (Å²) in [5.41, 5.74) is 2.22. The largest absolute Gasteiger partial charge is 0.497 e. The first-order valence-electron chi connectivity index (χ1n) is 6.35. The molecule has 1 heterocycles. The minimum absolute atomic E-state index is 0.374. The predicted molar refractivity (Wildman–Crippen MR) is 77.4 cm³/mol. The molecule has 4 nitrogen and oxygen atoms in total. The number of ether oxygens (including phenoxy) is 1. The van der Waals surface area contributed by atoms with Crippen molar-refractivity contribution in [3.05, 3.63) is 47.8 Å². The number of hydrogen-bond donors (Lipinski definition) is 0. The summed E-state index contributed by atoms with van der Waals surface area (Å²) in [7, 11) is 3.29. The van der Waals surface area contributed by atoms with Crippen LogP contribution in [0.5, 0.6) is 5.75 Å². The van der Waals surface area contributed by atoms with E-state index in [2.05, 4.69) is 11.1 Å². The lowest BCUT2D eigenvalue weighted by atomic mass is 10.2. The third-order valence-corrected chi connectivity index (χ3v) is 3.45. The van der Waals surface area contributed by atoms with Gasteiger partial charge in [0.15, 0.2) is 0 Å². The molecule has 0 unspecified atom stereocenters. The molecule has 5 heteroatoms. The van der Waals surface area contributed by atoms with Crippen LogP contribution in [0.1, 0.15) is 5.56 Å². The molecule has 3 rings (SSSR count). The Labute approximate surface area is 121 Å². The lowest BCUT2D eigenvalue weighted by Gasteiger charge is -2.06. The van der Waals surface area contributed by atoms with Crippen LogP contribution in [-0.2, 0) is 7.05 Å². The number of para-hydroxylation sites is 1. The normalized spacial score (nSPS) is 10.6. The SMILES string of the molecule is COc1ccc(-c2nc3c(C#N)cccc3n2C)c(F)c1. The molecular weight excluding hydrogens is 269 g/mol. The van der Waals surface area contributed by atoms with E-state index in [4.69, 9.17) is 10.00 Å². The molecule has 0 saturated carbocycles. The molecule has 0 aliphatic rings. The van der Waals surface area contributed by atoms with Gasteiger partial charge in [-0.15, -0.1) is 0 Å². The van der Waals surface area contributed by atoms with E-state index in [9.17, 15) is 4.39 Å². The second-order valence-electron chi connectivity index (χ2n) is 4.63. The molecule has 0 radical (unpaired) electrons. The average molecular weight is 281 g/mol. The van der Waals surface area contributed by atoms with Crippen molar-refractivity contribution in [3.8, 4) is 23.2 Å². The van der Waals surface area contributed by atoms with Crippen molar-refractivity contribution in [1.82, 2.24) is 9.55 Å². The lowest BCUT2D eigenvalue weighted by Crippen LogP contribution is -1.95. The van der Waals surface area contributed by atoms with Crippen LogP contribution >= 0.6 is 0 Å². The smallest absolute Gasteiger partial charge is 0.143 e. The van der Waals surface area contributed by atoms with Crippen molar-refractivity contribution in [2.24, 2.45) is 7.05 Å². The minimum atomic E-state index is -0.411. The standard InChI is InChI=1S/C16H12FN3O/c1-20-14-5-3-4-10(9-18)15(14)19-16(20)12-7-6-11(21-2)8-13(12)17/h3-8H,1-2H3. The van der Waals surface area contributed by atoms with Gasteiger partial charge in [0.2, 0.25) is 0 Å². The van der Waals surface area contributed by atoms with Gasteiger partial charge in [-0.05, 0) is 24.3 Å². The zero-order chi connectivity index (χ0) is 15.0. The van der Waals surface area contributed by atoms with Crippen LogP contribution in [0.4, 0.5) is 4.39 Å². The second-order valence-corrected chi connectivity index (χ2v) is 4.63. The second kappa shape index (κ2) is 4.91. The van der Waals surface area contributed by atoms with Gasteiger partial charge in [-0.25, -0.2) is 9.37 Å². The Morgan fingerprint density at radius 1 is 1.29 bits per heavy atom. The Morgan fingerprint density at radius 3 is 2.76 bits per heavy atom. The molecule has 0 atom stereocenters. The van der Waals surface area contributed by atoms with Gasteiger partial charge in [0, 0.05) is 13.1 Å². The van der Waals surface area contributed by atoms with E-state index < -0.39 is 5.82 Å². The van der Waals surface area contributed by atoms with Crippen molar-refractivity contribution < 1.29 is 9.13 Å². The number of imidazole rings is 1. The first-order valence-corrected chi connectivity index (χ1v) is 6.35. The van der Waals surface area contributed by atoms with Crippen LogP contribution in [0.25, 0.3) is 22.4 Å². The van der Waals surface area contributed by atoms with E-state index >= 15 is 0 Å². The number of hydrogen-bond acceptors (Lipinski definition) is 3. The fourth-order valence-electron chi connectivity index (χ4n) is 2.35. The van der Waals surface area contributed by atoms with Gasteiger partial charge in [0.1, 0.15) is 29.0 Å². The zero-order valence-electron chi connectivity index (χ0n) is 11.6. The quantitative estimate of drug-likeness (QED) is 0.724. The van der Waals surface area contributed by atoms with Gasteiger partial charge in [-0.2, -0.15) is 5.26 Å². The van der Waals surface area contributed by atoms with Crippen LogP contribution < -0.4 is 4.74 Å². The fraction of sp³-hybridized carbons (Fsp3) is 0.125. The maximum Gasteiger partial charge on any atom is 0.143 e. The highest BCUT2D eigenvalue weighted by atomic mass is 19.1. The number of benzene rings is 2. The number of nitriles is 1. The number of rotatable bonds is 2. The van der Waals surface area contributed by atoms with Gasteiger partial charge >= 0.3 is 0 Å². The number of methoxy groups -OCH3 is 1. The van der Waals surface area contributed by atoms with Gasteiger partial charge in [-0.3, -0.25) is 0 Å². The molecule has 0 amide bonds. The molecule has 0 N–H and O–H groups in total. The number of halogens is 1. The molecule has 0 spiro atoms. The summed E-state index contributed by atoms with van der Waals surface area (Å²) in [4.78, 5) is 4.43. The van der Waals surface area contributed by atoms with Gasteiger partial charge in [0.25, 0.3) is 0 Å². The molecule has 0 aliphatic heterocycles. The number of aromatic nitrogens is 2. The van der Waals surface area contributed by atoms with Crippen LogP contribution in [0, 0.1) is 17.1 Å². The fourth-order valence-corrected chi connectivity index (χ4v) is 2.35. The molecule has 0 saturated heterocycles. The molecule has 2 aromatic carbocycles. The van der Waals surface area contributed by atoms with Gasteiger partial charge < -0.3 is 9.30 Å². The van der Waals surface area contributed by atoms with Crippen molar-refractivity contribution in [1.29, 1.82) is 5.26 Å². The summed E-state index contributed by atoms with van der Waals surface area (Å²) in [5, 5.41) is 9.14. The van der Waals surface area contributed by atoms with E-state index in [-0.39, 0.29) is 0 Å². The molecule has 104 valence electrons. The van der Waals surface area contributed by atoms with Crippen molar-refractivity contribution in [3.63, 3.8) is 0 Å². The van der Waals surface area contributed by atoms with Crippen LogP contribution in [0.15, 0.2) is 36.4 Å². The van der Waals surface area contributed by atoms with Gasteiger partial charge in [0.05, 0.1) is 23.8 Å². The zero-order valence-corrected chi connectivity index (χ0v) is 11.6. The summed E-state index contributed by atoms with van der Waals surface area (Å²) in [6.07, 6.45) is 0. The van der Waals surface area contributed by atoms with E-state index in [1.807, 2.05) is 6.07 Å². The number of nitrogens with zero attached hydrogens (tertiary/aromatic N) is 3. The topological polar surface area (TPSA) is 50.8 Å². The first kappa shape index (κ1) is 13.1. The summed E-state index contributed by atoms with van der Waals surface area (Å²) in [6, 6.07) is 12.1. The first-order chi connectivity index (χ1) is 10.2. The third kappa shape index (κ3) is 2.01. The third-order valence-electron chi connectivity index (χ3n) is 3.45. The monoisotopic (exact) mass is 281 g/mol. The minimum Gasteiger partial charge on any atom is -0.497 e. The van der Waals surface area contributed by atoms with Crippen molar-refractivity contribution >= 4 is 11.0 Å². The van der Waals surface area contributed by atoms with Crippen LogP contribution in [0.3, 0.4) is 0 Å². The molecule has 0 fully saturated rings. The van der Waals surface area contributed by atoms with Crippen molar-refractivity contribution in [2.45, 2.75) is 0 Å². The van der Waals surface area contributed by atoms with E-state index in [0.717, 1.165) is 5.52 Å². The van der Waals surface area contributed by atoms with Gasteiger partial charge in [-0.1, -0.05) is 6.07 Å². The Morgan fingerprint density at radius 2 is 2.10 bits per heavy atom.